The Bertz CT molecular complexity index is 1100. The van der Waals surface area contributed by atoms with E-state index < -0.39 is 13.2 Å². The largest absolute Gasteiger partial charge is 0.550 e. The van der Waals surface area contributed by atoms with Gasteiger partial charge in [0, 0.05) is 5.97 Å². The first-order chi connectivity index (χ1) is 15.9. The Morgan fingerprint density at radius 1 is 0.606 bits per heavy atom. The Balaban J connectivity index is 0.000000709. The van der Waals surface area contributed by atoms with E-state index in [-0.39, 0.29) is 0 Å². The molecule has 0 saturated carbocycles. The van der Waals surface area contributed by atoms with Gasteiger partial charge in [0.1, 0.15) is 23.2 Å². The van der Waals surface area contributed by atoms with E-state index in [1.165, 1.54) is 38.2 Å². The summed E-state index contributed by atoms with van der Waals surface area (Å²) in [5.74, 6) is -1.08. The molecule has 0 unspecified atom stereocenters. The highest BCUT2D eigenvalue weighted by molar-refractivity contribution is 7.95. The van der Waals surface area contributed by atoms with Gasteiger partial charge in [-0.1, -0.05) is 84.9 Å². The van der Waals surface area contributed by atoms with Crippen LogP contribution in [0.2, 0.25) is 0 Å². The highest BCUT2D eigenvalue weighted by Gasteiger charge is 2.48. The van der Waals surface area contributed by atoms with Gasteiger partial charge in [0.2, 0.25) is 0 Å². The molecule has 0 spiro atoms. The highest BCUT2D eigenvalue weighted by Crippen LogP contribution is 2.59. The van der Waals surface area contributed by atoms with Crippen LogP contribution in [0.4, 0.5) is 0 Å². The van der Waals surface area contributed by atoms with E-state index in [4.69, 9.17) is 9.90 Å². The van der Waals surface area contributed by atoms with Crippen molar-refractivity contribution >= 4 is 29.1 Å². The molecule has 0 aliphatic carbocycles. The molecular formula is C30H31O2P. The van der Waals surface area contributed by atoms with Crippen molar-refractivity contribution in [1.29, 1.82) is 0 Å². The van der Waals surface area contributed by atoms with E-state index >= 15 is 0 Å². The molecular weight excluding hydrogens is 423 g/mol. The van der Waals surface area contributed by atoms with Crippen molar-refractivity contribution in [1.82, 2.24) is 0 Å². The normalized spacial score (nSPS) is 10.8. The minimum absolute atomic E-state index is 0.972. The number of carboxylic acid groups (broad SMARTS) is 1. The average Bonchev–Trinajstić information content (AvgIpc) is 2.79. The zero-order valence-corrected chi connectivity index (χ0v) is 20.7. The van der Waals surface area contributed by atoms with Crippen molar-refractivity contribution in [3.63, 3.8) is 0 Å². The van der Waals surface area contributed by atoms with Gasteiger partial charge in [-0.05, 0) is 68.1 Å². The van der Waals surface area contributed by atoms with Crippen LogP contribution in [0.5, 0.6) is 0 Å². The molecule has 0 aliphatic heterocycles. The molecule has 4 rings (SSSR count). The van der Waals surface area contributed by atoms with E-state index in [1.807, 2.05) is 0 Å². The fraction of sp³-hybridized carbons (Fsp3) is 0.167. The van der Waals surface area contributed by atoms with E-state index in [0.29, 0.717) is 0 Å². The summed E-state index contributed by atoms with van der Waals surface area (Å²) in [5, 5.41) is 13.4. The van der Waals surface area contributed by atoms with Crippen LogP contribution in [0.3, 0.4) is 0 Å². The standard InChI is InChI=1S/C28H28P.C2H4O2/c1-22-13-7-10-18-26(22)29(21-25-16-5-4-6-17-25,27-19-11-8-14-23(27)2)28-20-12-9-15-24(28)3;1-2(3)4/h4-20H,21H2,1-3H3;1H3,(H,3,4)/q+1;/p-1. The van der Waals surface area contributed by atoms with Gasteiger partial charge >= 0.3 is 0 Å². The van der Waals surface area contributed by atoms with Gasteiger partial charge in [-0.25, -0.2) is 0 Å². The van der Waals surface area contributed by atoms with Gasteiger partial charge in [0.15, 0.2) is 0 Å². The van der Waals surface area contributed by atoms with Gasteiger partial charge in [-0.15, -0.1) is 0 Å². The lowest BCUT2D eigenvalue weighted by Gasteiger charge is -2.31. The fourth-order valence-corrected chi connectivity index (χ4v) is 9.58. The molecule has 0 radical (unpaired) electrons. The van der Waals surface area contributed by atoms with Crippen LogP contribution < -0.4 is 21.0 Å². The molecule has 0 aromatic heterocycles. The van der Waals surface area contributed by atoms with Crippen molar-refractivity contribution in [3.05, 3.63) is 125 Å². The first-order valence-electron chi connectivity index (χ1n) is 11.1. The Kier molecular flexibility index (Phi) is 8.20. The summed E-state index contributed by atoms with van der Waals surface area (Å²) >= 11 is 0. The van der Waals surface area contributed by atoms with Gasteiger partial charge in [-0.2, -0.15) is 0 Å². The van der Waals surface area contributed by atoms with Gasteiger partial charge in [0.05, 0.1) is 6.16 Å². The van der Waals surface area contributed by atoms with E-state index in [1.54, 1.807) is 0 Å². The van der Waals surface area contributed by atoms with E-state index in [9.17, 15) is 0 Å². The summed E-state index contributed by atoms with van der Waals surface area (Å²) < 4.78 is 0. The minimum atomic E-state index is -1.89. The van der Waals surface area contributed by atoms with Crippen molar-refractivity contribution in [2.45, 2.75) is 33.9 Å². The van der Waals surface area contributed by atoms with Gasteiger partial charge in [0.25, 0.3) is 0 Å². The Labute approximate surface area is 198 Å². The molecule has 33 heavy (non-hydrogen) atoms. The first-order valence-corrected chi connectivity index (χ1v) is 13.1. The molecule has 0 fully saturated rings. The third-order valence-corrected chi connectivity index (χ3v) is 10.7. The summed E-state index contributed by atoms with van der Waals surface area (Å²) in [5.41, 5.74) is 5.53. The van der Waals surface area contributed by atoms with Crippen LogP contribution in [0, 0.1) is 20.8 Å². The maximum Gasteiger partial charge on any atom is 0.117 e. The lowest BCUT2D eigenvalue weighted by atomic mass is 10.2. The van der Waals surface area contributed by atoms with E-state index in [2.05, 4.69) is 124 Å². The quantitative estimate of drug-likeness (QED) is 0.404. The number of hydrogen-bond donors (Lipinski definition) is 0. The predicted octanol–water partition coefficient (Wildman–Crippen LogP) is 4.86. The summed E-state index contributed by atoms with van der Waals surface area (Å²) in [6, 6.07) is 38.0. The number of aliphatic carboxylic acids is 1. The number of carbonyl (C=O) groups excluding carboxylic acids is 1. The van der Waals surface area contributed by atoms with Crippen LogP contribution in [0.25, 0.3) is 0 Å². The molecule has 0 bridgehead atoms. The second-order valence-electron chi connectivity index (χ2n) is 8.30. The lowest BCUT2D eigenvalue weighted by Crippen LogP contribution is -2.36. The molecule has 0 amide bonds. The molecule has 0 heterocycles. The Morgan fingerprint density at radius 3 is 1.24 bits per heavy atom. The fourth-order valence-electron chi connectivity index (χ4n) is 4.48. The molecule has 0 atom stereocenters. The van der Waals surface area contributed by atoms with E-state index in [0.717, 1.165) is 13.1 Å². The maximum atomic E-state index is 8.89. The molecule has 4 aromatic carbocycles. The number of aryl methyl sites for hydroxylation is 3. The third-order valence-electron chi connectivity index (χ3n) is 5.84. The summed E-state index contributed by atoms with van der Waals surface area (Å²) in [6.07, 6.45) is 1.04. The van der Waals surface area contributed by atoms with Gasteiger partial charge in [-0.3, -0.25) is 0 Å². The second-order valence-corrected chi connectivity index (χ2v) is 11.7. The molecule has 4 aromatic rings. The van der Waals surface area contributed by atoms with Crippen LogP contribution in [-0.2, 0) is 11.0 Å². The number of hydrogen-bond acceptors (Lipinski definition) is 2. The SMILES string of the molecule is CC(=O)[O-].Cc1ccccc1[P+](Cc1ccccc1)(c1ccccc1C)c1ccccc1C. The van der Waals surface area contributed by atoms with Gasteiger partial charge < -0.3 is 9.90 Å². The Morgan fingerprint density at radius 2 is 0.909 bits per heavy atom. The van der Waals surface area contributed by atoms with Crippen LogP contribution in [0.15, 0.2) is 103 Å². The smallest absolute Gasteiger partial charge is 0.117 e. The van der Waals surface area contributed by atoms with Crippen LogP contribution in [0.1, 0.15) is 29.2 Å². The van der Waals surface area contributed by atoms with Crippen molar-refractivity contribution in [2.24, 2.45) is 0 Å². The molecule has 0 saturated heterocycles. The third kappa shape index (κ3) is 5.59. The molecule has 168 valence electrons. The minimum Gasteiger partial charge on any atom is -0.550 e. The summed E-state index contributed by atoms with van der Waals surface area (Å²) in [6.45, 7) is 7.78. The molecule has 3 heteroatoms. The molecule has 0 aliphatic rings. The Hall–Kier alpha value is -3.22. The zero-order chi connectivity index (χ0) is 23.8. The summed E-state index contributed by atoms with van der Waals surface area (Å²) in [7, 11) is -1.89. The predicted molar refractivity (Wildman–Crippen MR) is 140 cm³/mol. The number of carbonyl (C=O) groups is 1. The topological polar surface area (TPSA) is 40.1 Å². The van der Waals surface area contributed by atoms with Crippen molar-refractivity contribution < 1.29 is 9.90 Å². The van der Waals surface area contributed by atoms with Crippen molar-refractivity contribution in [3.8, 4) is 0 Å². The number of carboxylic acids is 1. The highest BCUT2D eigenvalue weighted by atomic mass is 31.2. The number of rotatable bonds is 5. The molecule has 2 nitrogen and oxygen atoms in total. The van der Waals surface area contributed by atoms with Crippen LogP contribution >= 0.6 is 7.26 Å². The average molecular weight is 455 g/mol. The second kappa shape index (κ2) is 11.1. The number of benzene rings is 4. The van der Waals surface area contributed by atoms with Crippen molar-refractivity contribution in [2.75, 3.05) is 0 Å². The molecule has 0 N–H and O–H groups in total. The maximum absolute atomic E-state index is 8.89. The monoisotopic (exact) mass is 454 g/mol. The zero-order valence-electron chi connectivity index (χ0n) is 19.8. The van der Waals surface area contributed by atoms with Crippen LogP contribution in [-0.4, -0.2) is 5.97 Å². The first kappa shape index (κ1) is 24.4. The lowest BCUT2D eigenvalue weighted by molar-refractivity contribution is -0.302. The summed E-state index contributed by atoms with van der Waals surface area (Å²) in [4.78, 5) is 8.89.